The summed E-state index contributed by atoms with van der Waals surface area (Å²) in [7, 11) is 0. The molecule has 0 aliphatic carbocycles. The lowest BCUT2D eigenvalue weighted by Gasteiger charge is -2.05. The van der Waals surface area contributed by atoms with Gasteiger partial charge in [0.15, 0.2) is 0 Å². The Balaban J connectivity index is 0.000000642. The molecule has 26 heavy (non-hydrogen) atoms. The van der Waals surface area contributed by atoms with Gasteiger partial charge >= 0.3 is 5.97 Å². The Morgan fingerprint density at radius 2 is 1.42 bits per heavy atom. The molecule has 0 radical (unpaired) electrons. The molecular weight excluding hydrogens is 326 g/mol. The van der Waals surface area contributed by atoms with Gasteiger partial charge in [0.2, 0.25) is 5.91 Å². The third kappa shape index (κ3) is 16.2. The van der Waals surface area contributed by atoms with Crippen LogP contribution in [0.15, 0.2) is 12.8 Å². The van der Waals surface area contributed by atoms with Crippen LogP contribution in [0.2, 0.25) is 0 Å². The molecule has 0 aromatic carbocycles. The van der Waals surface area contributed by atoms with Crippen LogP contribution < -0.4 is 0 Å². The van der Waals surface area contributed by atoms with Gasteiger partial charge in [0, 0.05) is 19.4 Å². The molecule has 1 aliphatic heterocycles. The van der Waals surface area contributed by atoms with Crippen LogP contribution in [0, 0.1) is 0 Å². The number of hydrogen-bond acceptors (Lipinski definition) is 2. The normalized spacial score (nSPS) is 13.4. The predicted molar refractivity (Wildman–Crippen MR) is 109 cm³/mol. The molecule has 0 atom stereocenters. The Labute approximate surface area is 161 Å². The summed E-state index contributed by atoms with van der Waals surface area (Å²) in [6, 6.07) is 0. The van der Waals surface area contributed by atoms with Crippen molar-refractivity contribution < 1.29 is 14.7 Å². The van der Waals surface area contributed by atoms with Crippen LogP contribution in [-0.4, -0.2) is 28.4 Å². The van der Waals surface area contributed by atoms with Crippen LogP contribution in [0.25, 0.3) is 0 Å². The van der Waals surface area contributed by atoms with E-state index in [4.69, 9.17) is 5.11 Å². The number of carboxylic acids is 1. The molecule has 1 fully saturated rings. The molecule has 4 nitrogen and oxygen atoms in total. The van der Waals surface area contributed by atoms with E-state index in [2.05, 4.69) is 13.5 Å². The lowest BCUT2D eigenvalue weighted by atomic mass is 10.0. The zero-order valence-corrected chi connectivity index (χ0v) is 17.0. The molecule has 0 saturated carbocycles. The molecule has 0 unspecified atom stereocenters. The lowest BCUT2D eigenvalue weighted by Crippen LogP contribution is -2.16. The van der Waals surface area contributed by atoms with E-state index in [-0.39, 0.29) is 5.91 Å². The molecule has 4 heteroatoms. The molecule has 1 N–H and O–H groups in total. The highest BCUT2D eigenvalue weighted by molar-refractivity contribution is 5.78. The Hall–Kier alpha value is -1.32. The molecule has 1 heterocycles. The van der Waals surface area contributed by atoms with Crippen molar-refractivity contribution in [3.8, 4) is 0 Å². The number of carbonyl (C=O) groups is 2. The second-order valence-electron chi connectivity index (χ2n) is 7.26. The monoisotopic (exact) mass is 367 g/mol. The molecule has 1 amide bonds. The summed E-state index contributed by atoms with van der Waals surface area (Å²) in [5, 5.41) is 8.49. The van der Waals surface area contributed by atoms with Crippen molar-refractivity contribution >= 4 is 11.9 Å². The van der Waals surface area contributed by atoms with Crippen LogP contribution in [0.4, 0.5) is 0 Å². The van der Waals surface area contributed by atoms with Gasteiger partial charge in [-0.15, -0.1) is 0 Å². The number of likely N-dealkylation sites (tertiary alicyclic amines) is 1. The summed E-state index contributed by atoms with van der Waals surface area (Å²) in [6.07, 6.45) is 20.6. The average Bonchev–Trinajstić information content (AvgIpc) is 3.04. The highest BCUT2D eigenvalue weighted by Crippen LogP contribution is 2.12. The third-order valence-electron chi connectivity index (χ3n) is 4.82. The minimum absolute atomic E-state index is 0.208. The number of unbranched alkanes of at least 4 members (excludes halogenated alkanes) is 12. The van der Waals surface area contributed by atoms with Crippen molar-refractivity contribution in [3.05, 3.63) is 12.8 Å². The molecule has 1 saturated heterocycles. The summed E-state index contributed by atoms with van der Waals surface area (Å²) in [6.45, 7) is 6.62. The minimum atomic E-state index is -0.655. The van der Waals surface area contributed by atoms with Crippen LogP contribution in [-0.2, 0) is 9.59 Å². The van der Waals surface area contributed by atoms with E-state index in [0.29, 0.717) is 12.8 Å². The van der Waals surface area contributed by atoms with E-state index in [1.54, 1.807) is 11.1 Å². The van der Waals surface area contributed by atoms with Crippen molar-refractivity contribution in [3.63, 3.8) is 0 Å². The Morgan fingerprint density at radius 3 is 1.73 bits per heavy atom. The van der Waals surface area contributed by atoms with Crippen molar-refractivity contribution in [2.45, 2.75) is 110 Å². The molecule has 152 valence electrons. The maximum atomic E-state index is 10.7. The predicted octanol–water partition coefficient (Wildman–Crippen LogP) is 6.30. The Bertz CT molecular complexity index is 368. The van der Waals surface area contributed by atoms with Crippen molar-refractivity contribution in [1.82, 2.24) is 4.90 Å². The van der Waals surface area contributed by atoms with Gasteiger partial charge in [0.05, 0.1) is 0 Å². The lowest BCUT2D eigenvalue weighted by molar-refractivity contribution is -0.137. The molecule has 1 rings (SSSR count). The first-order valence-electron chi connectivity index (χ1n) is 10.8. The Morgan fingerprint density at radius 1 is 0.962 bits per heavy atom. The van der Waals surface area contributed by atoms with Crippen LogP contribution >= 0.6 is 0 Å². The first kappa shape index (κ1) is 24.7. The van der Waals surface area contributed by atoms with Gasteiger partial charge in [-0.05, 0) is 19.0 Å². The minimum Gasteiger partial charge on any atom is -0.481 e. The van der Waals surface area contributed by atoms with Gasteiger partial charge in [0.25, 0.3) is 0 Å². The van der Waals surface area contributed by atoms with Crippen LogP contribution in [0.1, 0.15) is 110 Å². The quantitative estimate of drug-likeness (QED) is 0.345. The molecule has 0 aromatic rings. The summed E-state index contributed by atoms with van der Waals surface area (Å²) in [5.74, 6) is -0.446. The van der Waals surface area contributed by atoms with E-state index in [0.717, 1.165) is 25.8 Å². The van der Waals surface area contributed by atoms with Gasteiger partial charge in [-0.1, -0.05) is 90.6 Å². The second kappa shape index (κ2) is 18.5. The molecule has 1 aliphatic rings. The van der Waals surface area contributed by atoms with E-state index < -0.39 is 5.97 Å². The van der Waals surface area contributed by atoms with E-state index in [1.807, 2.05) is 0 Å². The maximum Gasteiger partial charge on any atom is 0.303 e. The molecule has 0 bridgehead atoms. The van der Waals surface area contributed by atoms with Gasteiger partial charge < -0.3 is 10.0 Å². The number of rotatable bonds is 15. The van der Waals surface area contributed by atoms with Crippen molar-refractivity contribution in [2.75, 3.05) is 6.54 Å². The Kier molecular flexibility index (Phi) is 17.5. The summed E-state index contributed by atoms with van der Waals surface area (Å²) < 4.78 is 0. The van der Waals surface area contributed by atoms with E-state index >= 15 is 0 Å². The van der Waals surface area contributed by atoms with Crippen molar-refractivity contribution in [2.24, 2.45) is 0 Å². The number of carbonyl (C=O) groups excluding carboxylic acids is 1. The number of hydrogen-bond donors (Lipinski definition) is 1. The van der Waals surface area contributed by atoms with E-state index in [1.165, 1.54) is 70.6 Å². The summed E-state index contributed by atoms with van der Waals surface area (Å²) in [4.78, 5) is 22.6. The van der Waals surface area contributed by atoms with Crippen molar-refractivity contribution in [1.29, 1.82) is 0 Å². The SMILES string of the molecule is C=CN1CCCC1=O.CCCCCCCCCCCCCCCC(=O)O. The number of nitrogens with zero attached hydrogens (tertiary/aromatic N) is 1. The maximum absolute atomic E-state index is 10.7. The molecule has 0 spiro atoms. The fraction of sp³-hybridized carbons (Fsp3) is 0.818. The number of carboxylic acid groups (broad SMARTS) is 1. The highest BCUT2D eigenvalue weighted by atomic mass is 16.4. The van der Waals surface area contributed by atoms with E-state index in [9.17, 15) is 9.59 Å². The zero-order valence-electron chi connectivity index (χ0n) is 17.0. The number of aliphatic carboxylic acids is 1. The fourth-order valence-corrected chi connectivity index (χ4v) is 3.16. The van der Waals surface area contributed by atoms with Gasteiger partial charge in [-0.25, -0.2) is 0 Å². The highest BCUT2D eigenvalue weighted by Gasteiger charge is 2.16. The van der Waals surface area contributed by atoms with Gasteiger partial charge in [0.1, 0.15) is 0 Å². The standard InChI is InChI=1S/C16H32O2.C6H9NO/c1-2-3-4-5-6-7-8-9-10-11-12-13-14-15-16(17)18;1-2-7-5-3-4-6(7)8/h2-15H2,1H3,(H,17,18);2H,1,3-5H2. The summed E-state index contributed by atoms with van der Waals surface area (Å²) in [5.41, 5.74) is 0. The topological polar surface area (TPSA) is 57.6 Å². The van der Waals surface area contributed by atoms with Gasteiger partial charge in [-0.2, -0.15) is 0 Å². The second-order valence-corrected chi connectivity index (χ2v) is 7.26. The third-order valence-corrected chi connectivity index (χ3v) is 4.82. The molecule has 0 aromatic heterocycles. The van der Waals surface area contributed by atoms with Gasteiger partial charge in [-0.3, -0.25) is 9.59 Å². The fourth-order valence-electron chi connectivity index (χ4n) is 3.16. The number of amides is 1. The largest absolute Gasteiger partial charge is 0.481 e. The summed E-state index contributed by atoms with van der Waals surface area (Å²) >= 11 is 0. The van der Waals surface area contributed by atoms with Crippen LogP contribution in [0.3, 0.4) is 0 Å². The smallest absolute Gasteiger partial charge is 0.303 e. The average molecular weight is 368 g/mol. The first-order valence-corrected chi connectivity index (χ1v) is 10.8. The molecular formula is C22H41NO3. The zero-order chi connectivity index (χ0) is 19.5. The first-order chi connectivity index (χ1) is 12.6. The van der Waals surface area contributed by atoms with Crippen LogP contribution in [0.5, 0.6) is 0 Å².